The van der Waals surface area contributed by atoms with Gasteiger partial charge in [0.05, 0.1) is 28.5 Å². The number of benzene rings is 2. The number of carbonyl (C=O) groups excluding carboxylic acids is 2. The molecular weight excluding hydrogens is 435 g/mol. The Kier molecular flexibility index (Phi) is 6.95. The highest BCUT2D eigenvalue weighted by molar-refractivity contribution is 7.16. The highest BCUT2D eigenvalue weighted by Gasteiger charge is 2.16. The van der Waals surface area contributed by atoms with Gasteiger partial charge in [0.1, 0.15) is 12.3 Å². The molecule has 3 aromatic rings. The van der Waals surface area contributed by atoms with E-state index in [1.807, 2.05) is 6.92 Å². The number of halogens is 2. The van der Waals surface area contributed by atoms with Crippen molar-refractivity contribution < 1.29 is 19.1 Å². The van der Waals surface area contributed by atoms with Crippen LogP contribution in [0.15, 0.2) is 41.4 Å². The van der Waals surface area contributed by atoms with Crippen molar-refractivity contribution in [2.45, 2.75) is 20.4 Å². The summed E-state index contributed by atoms with van der Waals surface area (Å²) in [6, 6.07) is 10.0. The summed E-state index contributed by atoms with van der Waals surface area (Å²) in [5.41, 5.74) is 0.977. The van der Waals surface area contributed by atoms with Gasteiger partial charge < -0.3 is 14.0 Å². The van der Waals surface area contributed by atoms with Crippen LogP contribution >= 0.6 is 34.5 Å². The first-order valence-electron chi connectivity index (χ1n) is 8.88. The molecule has 0 N–H and O–H groups in total. The number of carbonyl (C=O) groups is 2. The minimum Gasteiger partial charge on any atom is -0.494 e. The molecule has 1 amide bonds. The van der Waals surface area contributed by atoms with Gasteiger partial charge in [-0.2, -0.15) is 4.99 Å². The van der Waals surface area contributed by atoms with Crippen molar-refractivity contribution in [3.8, 4) is 5.75 Å². The van der Waals surface area contributed by atoms with Crippen LogP contribution in [0.2, 0.25) is 10.0 Å². The molecular formula is C20H18Cl2N2O4S. The molecule has 29 heavy (non-hydrogen) atoms. The Balaban J connectivity index is 2.07. The number of amides is 1. The van der Waals surface area contributed by atoms with E-state index in [1.165, 1.54) is 11.3 Å². The van der Waals surface area contributed by atoms with Crippen LogP contribution in [-0.4, -0.2) is 29.7 Å². The number of hydrogen-bond donors (Lipinski definition) is 0. The van der Waals surface area contributed by atoms with E-state index >= 15 is 0 Å². The molecule has 0 radical (unpaired) electrons. The Labute approximate surface area is 181 Å². The van der Waals surface area contributed by atoms with Crippen molar-refractivity contribution in [3.63, 3.8) is 0 Å². The molecule has 9 heteroatoms. The Bertz CT molecular complexity index is 1120. The Morgan fingerprint density at radius 1 is 1.10 bits per heavy atom. The molecule has 0 aliphatic rings. The smallest absolute Gasteiger partial charge is 0.326 e. The molecule has 0 aliphatic heterocycles. The quantitative estimate of drug-likeness (QED) is 0.507. The van der Waals surface area contributed by atoms with Crippen LogP contribution in [-0.2, 0) is 16.1 Å². The number of rotatable bonds is 6. The van der Waals surface area contributed by atoms with Gasteiger partial charge in [0.15, 0.2) is 4.80 Å². The van der Waals surface area contributed by atoms with E-state index in [2.05, 4.69) is 4.99 Å². The van der Waals surface area contributed by atoms with Crippen LogP contribution in [0.25, 0.3) is 10.2 Å². The Morgan fingerprint density at radius 3 is 2.48 bits per heavy atom. The van der Waals surface area contributed by atoms with Gasteiger partial charge in [-0.15, -0.1) is 0 Å². The van der Waals surface area contributed by atoms with Gasteiger partial charge in [-0.05, 0) is 50.2 Å². The molecule has 152 valence electrons. The van der Waals surface area contributed by atoms with Crippen molar-refractivity contribution in [3.05, 3.63) is 56.8 Å². The summed E-state index contributed by atoms with van der Waals surface area (Å²) in [6.07, 6.45) is 0. The molecule has 1 aromatic heterocycles. The van der Waals surface area contributed by atoms with Crippen LogP contribution in [0.1, 0.15) is 24.2 Å². The minimum atomic E-state index is -0.451. The molecule has 2 aromatic carbocycles. The molecule has 0 spiro atoms. The fourth-order valence-electron chi connectivity index (χ4n) is 2.71. The molecule has 3 rings (SSSR count). The maximum Gasteiger partial charge on any atom is 0.326 e. The Morgan fingerprint density at radius 2 is 1.83 bits per heavy atom. The van der Waals surface area contributed by atoms with Crippen LogP contribution in [0.5, 0.6) is 5.75 Å². The third kappa shape index (κ3) is 4.98. The normalized spacial score (nSPS) is 11.7. The van der Waals surface area contributed by atoms with Crippen molar-refractivity contribution in [2.24, 2.45) is 4.99 Å². The van der Waals surface area contributed by atoms with E-state index in [-0.39, 0.29) is 13.2 Å². The predicted molar refractivity (Wildman–Crippen MR) is 114 cm³/mol. The first kappa shape index (κ1) is 21.4. The molecule has 0 unspecified atom stereocenters. The molecule has 0 atom stereocenters. The second-order valence-corrected chi connectivity index (χ2v) is 7.74. The first-order valence-corrected chi connectivity index (χ1v) is 10.5. The molecule has 0 bridgehead atoms. The summed E-state index contributed by atoms with van der Waals surface area (Å²) in [4.78, 5) is 29.3. The molecule has 0 saturated heterocycles. The van der Waals surface area contributed by atoms with Crippen LogP contribution in [0.3, 0.4) is 0 Å². The van der Waals surface area contributed by atoms with Crippen LogP contribution < -0.4 is 9.54 Å². The topological polar surface area (TPSA) is 69.9 Å². The van der Waals surface area contributed by atoms with Gasteiger partial charge in [0.25, 0.3) is 5.91 Å². The van der Waals surface area contributed by atoms with E-state index in [1.54, 1.807) is 47.9 Å². The predicted octanol–water partition coefficient (Wildman–Crippen LogP) is 4.71. The van der Waals surface area contributed by atoms with E-state index in [0.29, 0.717) is 43.0 Å². The van der Waals surface area contributed by atoms with Crippen LogP contribution in [0.4, 0.5) is 0 Å². The third-order valence-corrected chi connectivity index (χ3v) is 5.43. The highest BCUT2D eigenvalue weighted by Crippen LogP contribution is 2.29. The van der Waals surface area contributed by atoms with Gasteiger partial charge in [0, 0.05) is 10.6 Å². The summed E-state index contributed by atoms with van der Waals surface area (Å²) >= 11 is 13.7. The van der Waals surface area contributed by atoms with Gasteiger partial charge in [0.2, 0.25) is 0 Å². The standard InChI is InChI=1S/C20H18Cl2N2O4S/c1-3-27-14-7-5-12(6-8-14)19(26)23-20-24(11-17(25)28-4-2)18-15(22)9-13(21)10-16(18)29-20/h5-10H,3-4,11H2,1-2H3. The minimum absolute atomic E-state index is 0.120. The van der Waals surface area contributed by atoms with Gasteiger partial charge in [-0.25, -0.2) is 0 Å². The number of nitrogens with zero attached hydrogens (tertiary/aromatic N) is 2. The number of thiazole rings is 1. The Hall–Kier alpha value is -2.35. The number of ether oxygens (including phenoxy) is 2. The largest absolute Gasteiger partial charge is 0.494 e. The van der Waals surface area contributed by atoms with Gasteiger partial charge in [-0.1, -0.05) is 34.5 Å². The summed E-state index contributed by atoms with van der Waals surface area (Å²) in [5, 5.41) is 0.819. The lowest BCUT2D eigenvalue weighted by molar-refractivity contribution is -0.143. The summed E-state index contributed by atoms with van der Waals surface area (Å²) in [5.74, 6) is -0.225. The molecule has 1 heterocycles. The number of fused-ring (bicyclic) bond motifs is 1. The van der Waals surface area contributed by atoms with Crippen molar-refractivity contribution in [1.29, 1.82) is 0 Å². The maximum atomic E-state index is 12.7. The summed E-state index contributed by atoms with van der Waals surface area (Å²) in [7, 11) is 0. The SMILES string of the molecule is CCOC(=O)Cn1c(=NC(=O)c2ccc(OCC)cc2)sc2cc(Cl)cc(Cl)c21. The second kappa shape index (κ2) is 9.43. The van der Waals surface area contributed by atoms with E-state index in [0.717, 1.165) is 0 Å². The average molecular weight is 453 g/mol. The number of hydrogen-bond acceptors (Lipinski definition) is 5. The molecule has 0 aliphatic carbocycles. The summed E-state index contributed by atoms with van der Waals surface area (Å²) in [6.45, 7) is 4.27. The molecule has 0 saturated carbocycles. The van der Waals surface area contributed by atoms with Crippen LogP contribution in [0, 0.1) is 0 Å². The monoisotopic (exact) mass is 452 g/mol. The van der Waals surface area contributed by atoms with Crippen molar-refractivity contribution >= 4 is 56.6 Å². The van der Waals surface area contributed by atoms with Gasteiger partial charge in [-0.3, -0.25) is 9.59 Å². The first-order chi connectivity index (χ1) is 13.9. The zero-order valence-electron chi connectivity index (χ0n) is 15.8. The van der Waals surface area contributed by atoms with E-state index < -0.39 is 11.9 Å². The number of aromatic nitrogens is 1. The summed E-state index contributed by atoms with van der Waals surface area (Å²) < 4.78 is 12.7. The maximum absolute atomic E-state index is 12.7. The van der Waals surface area contributed by atoms with Crippen molar-refractivity contribution in [1.82, 2.24) is 4.57 Å². The lowest BCUT2D eigenvalue weighted by atomic mass is 10.2. The number of esters is 1. The fraction of sp³-hybridized carbons (Fsp3) is 0.250. The fourth-order valence-corrected chi connectivity index (χ4v) is 4.52. The van der Waals surface area contributed by atoms with E-state index in [9.17, 15) is 9.59 Å². The van der Waals surface area contributed by atoms with Crippen molar-refractivity contribution in [2.75, 3.05) is 13.2 Å². The average Bonchev–Trinajstić information content (AvgIpc) is 2.99. The molecule has 0 fully saturated rings. The zero-order chi connectivity index (χ0) is 21.0. The zero-order valence-corrected chi connectivity index (χ0v) is 18.1. The van der Waals surface area contributed by atoms with E-state index in [4.69, 9.17) is 32.7 Å². The lowest BCUT2D eigenvalue weighted by Gasteiger charge is -2.06. The third-order valence-electron chi connectivity index (χ3n) is 3.90. The highest BCUT2D eigenvalue weighted by atomic mass is 35.5. The lowest BCUT2D eigenvalue weighted by Crippen LogP contribution is -2.23. The second-order valence-electron chi connectivity index (χ2n) is 5.88. The molecule has 6 nitrogen and oxygen atoms in total. The van der Waals surface area contributed by atoms with Gasteiger partial charge >= 0.3 is 5.97 Å².